The number of aliphatic hydroxyl groups is 1. The third-order valence-corrected chi connectivity index (χ3v) is 57.9. The predicted octanol–water partition coefficient (Wildman–Crippen LogP) is 3.52. The molecule has 1 atom stereocenters. The fourth-order valence-corrected chi connectivity index (χ4v) is 88.7. The van der Waals surface area contributed by atoms with Gasteiger partial charge in [-0.3, -0.25) is 0 Å². The van der Waals surface area contributed by atoms with Gasteiger partial charge in [-0.1, -0.05) is 6.92 Å². The molecule has 10 rings (SSSR count). The standard InChI is InChI=1S/2C5H5.C4H8O3S.Fe/c2*1-2-4-5-3-1;1-2-8-4(7)3(5)6;/h2*1-5H;4,7H,2H2,1H3,(H,5,6);. The van der Waals surface area contributed by atoms with Gasteiger partial charge in [0.1, 0.15) is 0 Å². The van der Waals surface area contributed by atoms with Crippen LogP contribution >= 0.6 is 11.8 Å². The molecule has 0 saturated carbocycles. The molecule has 106 valence electrons. The number of thioether (sulfide) groups is 1. The van der Waals surface area contributed by atoms with Crippen LogP contribution in [0.2, 0.25) is 48.2 Å². The van der Waals surface area contributed by atoms with E-state index in [4.69, 9.17) is 10.2 Å². The molecule has 1 spiro atoms. The Morgan fingerprint density at radius 1 is 1.00 bits per heavy atom. The fraction of sp³-hybridized carbons (Fsp3) is 0.929. The summed E-state index contributed by atoms with van der Waals surface area (Å²) in [6.07, 6.45) is 0. The van der Waals surface area contributed by atoms with E-state index in [1.807, 2.05) is 0 Å². The first-order valence-corrected chi connectivity index (χ1v) is 15.0. The molecule has 0 aliphatic carbocycles. The predicted molar refractivity (Wildman–Crippen MR) is 69.3 cm³/mol. The molecule has 10 fully saturated rings. The van der Waals surface area contributed by atoms with Crippen molar-refractivity contribution in [2.24, 2.45) is 0 Å². The van der Waals surface area contributed by atoms with Gasteiger partial charge in [-0.25, -0.2) is 4.79 Å². The molecular weight excluding hydrogens is 304 g/mol. The zero-order valence-electron chi connectivity index (χ0n) is 10.6. The second-order valence-corrected chi connectivity index (χ2v) is 36.0. The van der Waals surface area contributed by atoms with E-state index in [0.717, 1.165) is 11.8 Å². The van der Waals surface area contributed by atoms with Crippen LogP contribution in [0.15, 0.2) is 0 Å². The van der Waals surface area contributed by atoms with Gasteiger partial charge in [-0.05, 0) is 5.75 Å². The molecule has 10 aliphatic rings. The molecule has 0 bridgehead atoms. The van der Waals surface area contributed by atoms with Crippen LogP contribution in [0.5, 0.6) is 0 Å². The van der Waals surface area contributed by atoms with Crippen molar-refractivity contribution in [1.29, 1.82) is 0 Å². The normalized spacial score (nSPS) is 105. The number of aliphatic carboxylic acids is 1. The van der Waals surface area contributed by atoms with E-state index in [0.29, 0.717) is 5.75 Å². The Hall–Kier alpha value is 0.299. The average molecular weight is 322 g/mol. The molecular formula is C14H18FeO3S. The van der Waals surface area contributed by atoms with Crippen molar-refractivity contribution in [3.05, 3.63) is 0 Å². The summed E-state index contributed by atoms with van der Waals surface area (Å²) < 4.78 is 0. The first-order valence-electron chi connectivity index (χ1n) is 7.58. The van der Waals surface area contributed by atoms with E-state index in [1.165, 1.54) is 0 Å². The van der Waals surface area contributed by atoms with Crippen LogP contribution in [-0.2, 0) is 11.3 Å². The molecule has 1 unspecified atom stereocenters. The Balaban J connectivity index is 0.0000000847. The van der Waals surface area contributed by atoms with E-state index >= 15 is 0 Å². The van der Waals surface area contributed by atoms with Gasteiger partial charge in [0.25, 0.3) is 0 Å². The summed E-state index contributed by atoms with van der Waals surface area (Å²) >= 11 is 0.995. The molecule has 0 amide bonds. The summed E-state index contributed by atoms with van der Waals surface area (Å²) in [7, 11) is 0. The van der Waals surface area contributed by atoms with Gasteiger partial charge in [-0.2, -0.15) is 0 Å². The maximum absolute atomic E-state index is 9.82. The molecule has 3 nitrogen and oxygen atoms in total. The number of hydrogen-bond donors (Lipinski definition) is 2. The van der Waals surface area contributed by atoms with E-state index in [9.17, 15) is 4.79 Å². The zero-order chi connectivity index (χ0) is 12.7. The number of hydrogen-bond acceptors (Lipinski definition) is 3. The SMILES string of the molecule is CCSC(O)C(=O)O.[CH]12[CH]3[CH]4[CH]5[CH]1[Fe]23451678[CH]2[CH]1[CH]6[CH]7[CH]28. The molecule has 10 aliphatic heterocycles. The summed E-state index contributed by atoms with van der Waals surface area (Å²) in [5.74, 6) is -0.551. The second-order valence-electron chi connectivity index (χ2n) is 10.7. The van der Waals surface area contributed by atoms with Crippen molar-refractivity contribution in [2.45, 2.75) is 60.5 Å². The van der Waals surface area contributed by atoms with Gasteiger partial charge >= 0.3 is 60.6 Å². The van der Waals surface area contributed by atoms with E-state index in [2.05, 4.69) is 0 Å². The maximum atomic E-state index is 9.82. The Labute approximate surface area is 105 Å². The van der Waals surface area contributed by atoms with Crippen molar-refractivity contribution in [2.75, 3.05) is 5.75 Å². The van der Waals surface area contributed by atoms with Crippen LogP contribution in [0.25, 0.3) is 0 Å². The number of rotatable bonds is 3. The first-order chi connectivity index (χ1) is 8.84. The summed E-state index contributed by atoms with van der Waals surface area (Å²) in [5, 5.41) is 16.5. The number of aliphatic hydroxyl groups excluding tert-OH is 1. The average Bonchev–Trinajstić information content (AvgIpc) is 3.32. The summed E-state index contributed by atoms with van der Waals surface area (Å²) in [5.41, 5.74) is -1.25. The molecule has 0 aromatic rings. The van der Waals surface area contributed by atoms with Crippen LogP contribution < -0.4 is 0 Å². The minimum atomic E-state index is -2.28. The summed E-state index contributed by atoms with van der Waals surface area (Å²) in [6.45, 7) is -0.495. The molecule has 10 saturated heterocycles. The van der Waals surface area contributed by atoms with E-state index in [-0.39, 0.29) is 0 Å². The van der Waals surface area contributed by atoms with Gasteiger partial charge in [-0.15, -0.1) is 11.8 Å². The molecule has 0 aromatic carbocycles. The van der Waals surface area contributed by atoms with Gasteiger partial charge < -0.3 is 10.2 Å². The van der Waals surface area contributed by atoms with Crippen molar-refractivity contribution >= 4 is 17.7 Å². The molecule has 2 N–H and O–H groups in total. The first kappa shape index (κ1) is 8.67. The topological polar surface area (TPSA) is 57.5 Å². The van der Waals surface area contributed by atoms with Crippen LogP contribution in [0.4, 0.5) is 0 Å². The second kappa shape index (κ2) is 0.789. The third kappa shape index (κ3) is 0.113. The number of fused-ring (bicyclic) bond motifs is 10. The molecule has 0 radical (unpaired) electrons. The fourth-order valence-electron chi connectivity index (χ4n) is 16.0. The van der Waals surface area contributed by atoms with Crippen LogP contribution in [0.1, 0.15) is 6.92 Å². The molecule has 5 heteroatoms. The Kier molecular flexibility index (Phi) is 0.360. The number of carboxylic acid groups (broad SMARTS) is 1. The van der Waals surface area contributed by atoms with Crippen molar-refractivity contribution < 1.29 is 21.5 Å². The molecule has 19 heavy (non-hydrogen) atoms. The summed E-state index contributed by atoms with van der Waals surface area (Å²) in [4.78, 5) is 25.7. The number of carboxylic acids is 1. The van der Waals surface area contributed by atoms with Crippen molar-refractivity contribution in [3.8, 4) is 0 Å². The Morgan fingerprint density at radius 3 is 1.37 bits per heavy atom. The van der Waals surface area contributed by atoms with Crippen molar-refractivity contribution in [3.63, 3.8) is 0 Å². The zero-order valence-corrected chi connectivity index (χ0v) is 12.5. The van der Waals surface area contributed by atoms with Crippen LogP contribution in [0, 0.1) is 0 Å². The van der Waals surface area contributed by atoms with E-state index in [1.54, 1.807) is 55.1 Å². The van der Waals surface area contributed by atoms with Crippen molar-refractivity contribution in [1.82, 2.24) is 0 Å². The summed E-state index contributed by atoms with van der Waals surface area (Å²) in [6, 6.07) is 0. The van der Waals surface area contributed by atoms with Gasteiger partial charge in [0.15, 0.2) is 5.44 Å². The Morgan fingerprint density at radius 2 is 1.32 bits per heavy atom. The third-order valence-electron chi connectivity index (χ3n) is 15.1. The quantitative estimate of drug-likeness (QED) is 0.617. The minimum absolute atomic E-state index is 0.619. The van der Waals surface area contributed by atoms with E-state index < -0.39 is 17.9 Å². The number of carbonyl (C=O) groups is 1. The van der Waals surface area contributed by atoms with Gasteiger partial charge in [0.05, 0.1) is 0 Å². The van der Waals surface area contributed by atoms with Gasteiger partial charge in [0, 0.05) is 0 Å². The Bertz CT molecular complexity index is 757. The molecule has 10 heterocycles. The monoisotopic (exact) mass is 322 g/mol. The van der Waals surface area contributed by atoms with Crippen LogP contribution in [0.3, 0.4) is 0 Å². The van der Waals surface area contributed by atoms with Gasteiger partial charge in [0.2, 0.25) is 0 Å². The van der Waals surface area contributed by atoms with Crippen LogP contribution in [-0.4, -0.2) is 27.4 Å². The molecule has 0 aromatic heterocycles.